The monoisotopic (exact) mass is 402 g/mol. The Morgan fingerprint density at radius 1 is 1.50 bits per heavy atom. The average Bonchev–Trinajstić information content (AvgIpc) is 3.07. The lowest BCUT2D eigenvalue weighted by Crippen LogP contribution is -2.41. The van der Waals surface area contributed by atoms with Crippen molar-refractivity contribution >= 4 is 29.7 Å². The van der Waals surface area contributed by atoms with Crippen LogP contribution in [-0.2, 0) is 9.47 Å². The number of hydrogen-bond acceptors (Lipinski definition) is 7. The fraction of sp³-hybridized carbons (Fsp3) is 0.412. The SMILES string of the molecule is COC(=O)c1cc(OC[C@H]2CNCCO2)cc(-c2ncc(C)s2)c1F.Cl. The maximum atomic E-state index is 14.8. The summed E-state index contributed by atoms with van der Waals surface area (Å²) < 4.78 is 30.8. The number of nitrogens with one attached hydrogen (secondary N) is 1. The van der Waals surface area contributed by atoms with Gasteiger partial charge in [-0.3, -0.25) is 0 Å². The number of rotatable bonds is 5. The molecule has 0 saturated carbocycles. The molecule has 142 valence electrons. The Labute approximate surface area is 161 Å². The Kier molecular flexibility index (Phi) is 7.33. The van der Waals surface area contributed by atoms with Crippen LogP contribution in [0.5, 0.6) is 5.75 Å². The molecule has 1 aliphatic rings. The molecule has 0 bridgehead atoms. The molecule has 0 aliphatic carbocycles. The van der Waals surface area contributed by atoms with E-state index < -0.39 is 11.8 Å². The summed E-state index contributed by atoms with van der Waals surface area (Å²) in [6.45, 7) is 4.30. The maximum Gasteiger partial charge on any atom is 0.341 e. The quantitative estimate of drug-likeness (QED) is 0.775. The third kappa shape index (κ3) is 4.70. The number of thiazole rings is 1. The lowest BCUT2D eigenvalue weighted by molar-refractivity contribution is 0.000170. The zero-order chi connectivity index (χ0) is 17.8. The highest BCUT2D eigenvalue weighted by Crippen LogP contribution is 2.33. The van der Waals surface area contributed by atoms with Crippen LogP contribution in [0.1, 0.15) is 15.2 Å². The highest BCUT2D eigenvalue weighted by molar-refractivity contribution is 7.14. The van der Waals surface area contributed by atoms with E-state index in [1.807, 2.05) is 6.92 Å². The maximum absolute atomic E-state index is 14.8. The van der Waals surface area contributed by atoms with Crippen LogP contribution in [0.15, 0.2) is 18.3 Å². The molecule has 0 amide bonds. The molecular formula is C17H20ClFN2O4S. The summed E-state index contributed by atoms with van der Waals surface area (Å²) in [7, 11) is 1.21. The molecule has 1 fully saturated rings. The van der Waals surface area contributed by atoms with Crippen molar-refractivity contribution in [2.75, 3.05) is 33.4 Å². The Morgan fingerprint density at radius 3 is 2.92 bits per heavy atom. The molecule has 0 spiro atoms. The van der Waals surface area contributed by atoms with Crippen LogP contribution < -0.4 is 10.1 Å². The van der Waals surface area contributed by atoms with Crippen LogP contribution in [0.4, 0.5) is 4.39 Å². The minimum absolute atomic E-state index is 0. The van der Waals surface area contributed by atoms with E-state index in [1.54, 1.807) is 12.3 Å². The molecule has 1 saturated heterocycles. The van der Waals surface area contributed by atoms with Gasteiger partial charge in [0, 0.05) is 24.2 Å². The van der Waals surface area contributed by atoms with Crippen LogP contribution >= 0.6 is 23.7 Å². The van der Waals surface area contributed by atoms with Gasteiger partial charge in [0.2, 0.25) is 0 Å². The van der Waals surface area contributed by atoms with E-state index in [4.69, 9.17) is 9.47 Å². The van der Waals surface area contributed by atoms with E-state index in [1.165, 1.54) is 24.5 Å². The average molecular weight is 403 g/mol. The van der Waals surface area contributed by atoms with Gasteiger partial charge in [0.1, 0.15) is 29.3 Å². The van der Waals surface area contributed by atoms with Gasteiger partial charge in [0.25, 0.3) is 0 Å². The van der Waals surface area contributed by atoms with Crippen molar-refractivity contribution in [1.82, 2.24) is 10.3 Å². The van der Waals surface area contributed by atoms with Crippen LogP contribution in [0.25, 0.3) is 10.6 Å². The first-order chi connectivity index (χ1) is 12.1. The van der Waals surface area contributed by atoms with Crippen LogP contribution in [-0.4, -0.2) is 50.5 Å². The molecule has 2 heterocycles. The number of carbonyl (C=O) groups excluding carboxylic acids is 1. The van der Waals surface area contributed by atoms with Gasteiger partial charge in [-0.1, -0.05) is 0 Å². The molecule has 1 N–H and O–H groups in total. The summed E-state index contributed by atoms with van der Waals surface area (Å²) in [4.78, 5) is 17.1. The predicted octanol–water partition coefficient (Wildman–Crippen LogP) is 2.83. The fourth-order valence-electron chi connectivity index (χ4n) is 2.49. The highest BCUT2D eigenvalue weighted by atomic mass is 35.5. The Hall–Kier alpha value is -1.74. The molecule has 1 aromatic carbocycles. The Bertz CT molecular complexity index is 765. The minimum atomic E-state index is -0.756. The summed E-state index contributed by atoms with van der Waals surface area (Å²) in [6, 6.07) is 2.90. The predicted molar refractivity (Wildman–Crippen MR) is 98.9 cm³/mol. The number of morpholine rings is 1. The second-order valence-electron chi connectivity index (χ2n) is 5.61. The number of aromatic nitrogens is 1. The number of carbonyl (C=O) groups is 1. The van der Waals surface area contributed by atoms with Crippen molar-refractivity contribution < 1.29 is 23.4 Å². The van der Waals surface area contributed by atoms with Crippen LogP contribution in [0.2, 0.25) is 0 Å². The van der Waals surface area contributed by atoms with E-state index in [-0.39, 0.29) is 29.6 Å². The summed E-state index contributed by atoms with van der Waals surface area (Å²) >= 11 is 1.34. The topological polar surface area (TPSA) is 69.7 Å². The standard InChI is InChI=1S/C17H19FN2O4S.ClH/c1-10-7-20-16(25-10)13-5-11(6-14(15(13)18)17(21)22-2)24-9-12-8-19-3-4-23-12;/h5-7,12,19H,3-4,8-9H2,1-2H3;1H/t12-;/m1./s1. The van der Waals surface area contributed by atoms with Crippen LogP contribution in [0.3, 0.4) is 0 Å². The smallest absolute Gasteiger partial charge is 0.341 e. The molecule has 0 radical (unpaired) electrons. The van der Waals surface area contributed by atoms with E-state index in [0.29, 0.717) is 30.5 Å². The van der Waals surface area contributed by atoms with Crippen molar-refractivity contribution in [2.45, 2.75) is 13.0 Å². The van der Waals surface area contributed by atoms with E-state index >= 15 is 0 Å². The summed E-state index contributed by atoms with van der Waals surface area (Å²) in [5.41, 5.74) is 0.0456. The molecule has 2 aromatic rings. The zero-order valence-electron chi connectivity index (χ0n) is 14.4. The number of esters is 1. The number of methoxy groups -OCH3 is 1. The third-order valence-corrected chi connectivity index (χ3v) is 4.69. The van der Waals surface area contributed by atoms with E-state index in [0.717, 1.165) is 11.4 Å². The zero-order valence-corrected chi connectivity index (χ0v) is 16.0. The molecule has 3 rings (SSSR count). The number of aryl methyl sites for hydroxylation is 1. The van der Waals surface area contributed by atoms with Gasteiger partial charge in [-0.05, 0) is 19.1 Å². The summed E-state index contributed by atoms with van der Waals surface area (Å²) in [5.74, 6) is -1.05. The van der Waals surface area contributed by atoms with Gasteiger partial charge in [-0.15, -0.1) is 23.7 Å². The molecular weight excluding hydrogens is 383 g/mol. The second kappa shape index (κ2) is 9.27. The Morgan fingerprint density at radius 2 is 2.31 bits per heavy atom. The summed E-state index contributed by atoms with van der Waals surface area (Å²) in [6.07, 6.45) is 1.57. The van der Waals surface area contributed by atoms with Gasteiger partial charge in [-0.25, -0.2) is 14.2 Å². The van der Waals surface area contributed by atoms with Crippen molar-refractivity contribution in [3.05, 3.63) is 34.6 Å². The van der Waals surface area contributed by atoms with Gasteiger partial charge >= 0.3 is 5.97 Å². The fourth-order valence-corrected chi connectivity index (χ4v) is 3.26. The molecule has 6 nitrogen and oxygen atoms in total. The van der Waals surface area contributed by atoms with Crippen molar-refractivity contribution in [3.63, 3.8) is 0 Å². The number of halogens is 2. The molecule has 9 heteroatoms. The Balaban J connectivity index is 0.00000243. The summed E-state index contributed by atoms with van der Waals surface area (Å²) in [5, 5.41) is 3.70. The molecule has 26 heavy (non-hydrogen) atoms. The van der Waals surface area contributed by atoms with Crippen LogP contribution in [0, 0.1) is 12.7 Å². The first-order valence-corrected chi connectivity index (χ1v) is 8.70. The number of hydrogen-bond donors (Lipinski definition) is 1. The van der Waals surface area contributed by atoms with Crippen molar-refractivity contribution in [2.24, 2.45) is 0 Å². The molecule has 1 atom stereocenters. The van der Waals surface area contributed by atoms with Gasteiger partial charge < -0.3 is 19.5 Å². The van der Waals surface area contributed by atoms with E-state index in [9.17, 15) is 9.18 Å². The first-order valence-electron chi connectivity index (χ1n) is 7.88. The molecule has 1 aliphatic heterocycles. The normalized spacial score (nSPS) is 16.7. The van der Waals surface area contributed by atoms with E-state index in [2.05, 4.69) is 15.0 Å². The largest absolute Gasteiger partial charge is 0.491 e. The highest BCUT2D eigenvalue weighted by Gasteiger charge is 2.22. The number of benzene rings is 1. The molecule has 0 unspecified atom stereocenters. The molecule has 1 aromatic heterocycles. The van der Waals surface area contributed by atoms with Gasteiger partial charge in [-0.2, -0.15) is 0 Å². The van der Waals surface area contributed by atoms with Gasteiger partial charge in [0.15, 0.2) is 0 Å². The second-order valence-corrected chi connectivity index (χ2v) is 6.84. The van der Waals surface area contributed by atoms with Crippen molar-refractivity contribution in [3.8, 4) is 16.3 Å². The number of nitrogens with zero attached hydrogens (tertiary/aromatic N) is 1. The lowest BCUT2D eigenvalue weighted by atomic mass is 10.1. The lowest BCUT2D eigenvalue weighted by Gasteiger charge is -2.23. The minimum Gasteiger partial charge on any atom is -0.491 e. The van der Waals surface area contributed by atoms with Crippen molar-refractivity contribution in [1.29, 1.82) is 0 Å². The van der Waals surface area contributed by atoms with Gasteiger partial charge in [0.05, 0.1) is 24.8 Å². The number of ether oxygens (including phenoxy) is 3. The first kappa shape index (κ1) is 20.6. The third-order valence-electron chi connectivity index (χ3n) is 3.74.